The Morgan fingerprint density at radius 3 is 2.71 bits per heavy atom. The van der Waals surface area contributed by atoms with Crippen molar-refractivity contribution in [3.8, 4) is 17.3 Å². The van der Waals surface area contributed by atoms with E-state index in [0.29, 0.717) is 47.5 Å². The quantitative estimate of drug-likeness (QED) is 0.585. The summed E-state index contributed by atoms with van der Waals surface area (Å²) in [6, 6.07) is 0. The van der Waals surface area contributed by atoms with E-state index in [9.17, 15) is 9.59 Å². The molecular formula is C23H32N6O5. The molecule has 2 heterocycles. The second kappa shape index (κ2) is 10.4. The molecule has 0 spiro atoms. The summed E-state index contributed by atoms with van der Waals surface area (Å²) in [6.45, 7) is 2.54. The molecule has 0 bridgehead atoms. The summed E-state index contributed by atoms with van der Waals surface area (Å²) in [4.78, 5) is 34.0. The first kappa shape index (κ1) is 23.9. The van der Waals surface area contributed by atoms with Crippen molar-refractivity contribution in [2.24, 2.45) is 18.9 Å². The smallest absolute Gasteiger partial charge is 0.409 e. The number of rotatable bonds is 9. The van der Waals surface area contributed by atoms with E-state index in [-0.39, 0.29) is 31.1 Å². The van der Waals surface area contributed by atoms with Crippen LogP contribution < -0.4 is 4.74 Å². The van der Waals surface area contributed by atoms with Gasteiger partial charge in [0.2, 0.25) is 5.88 Å². The highest BCUT2D eigenvalue weighted by molar-refractivity contribution is 5.67. The highest BCUT2D eigenvalue weighted by Crippen LogP contribution is 2.32. The lowest BCUT2D eigenvalue weighted by molar-refractivity contribution is -0.138. The number of carbonyl (C=O) groups is 2. The van der Waals surface area contributed by atoms with E-state index in [4.69, 9.17) is 14.6 Å². The Labute approximate surface area is 198 Å². The van der Waals surface area contributed by atoms with Gasteiger partial charge < -0.3 is 19.5 Å². The first-order valence-electron chi connectivity index (χ1n) is 11.8. The monoisotopic (exact) mass is 472 g/mol. The first-order chi connectivity index (χ1) is 16.3. The Balaban J connectivity index is 1.38. The minimum Gasteiger partial charge on any atom is -0.481 e. The van der Waals surface area contributed by atoms with Crippen molar-refractivity contribution in [3.05, 3.63) is 17.6 Å². The van der Waals surface area contributed by atoms with Gasteiger partial charge in [-0.25, -0.2) is 19.4 Å². The standard InChI is InChI=1S/C23H32N6O5/c1-14-22(34-17-8-7-16(9-17)10-20(30)31)24-11-18(25-14)21-19(29(3)27-26-21)13-33-23(32)28(2)12-15-5-4-6-15/h11,15-17H,4-10,12-13H2,1-3H3,(H,30,31)/t16-,17-/m0/s1. The third kappa shape index (κ3) is 5.63. The maximum absolute atomic E-state index is 12.4. The zero-order valence-corrected chi connectivity index (χ0v) is 19.9. The molecule has 0 aliphatic heterocycles. The summed E-state index contributed by atoms with van der Waals surface area (Å²) >= 11 is 0. The average molecular weight is 473 g/mol. The van der Waals surface area contributed by atoms with Gasteiger partial charge >= 0.3 is 12.1 Å². The zero-order chi connectivity index (χ0) is 24.2. The first-order valence-corrected chi connectivity index (χ1v) is 11.8. The lowest BCUT2D eigenvalue weighted by Gasteiger charge is -2.29. The molecule has 2 aliphatic rings. The number of carboxylic acids is 1. The van der Waals surface area contributed by atoms with Crippen LogP contribution in [-0.4, -0.2) is 66.7 Å². The van der Waals surface area contributed by atoms with Gasteiger partial charge in [-0.15, -0.1) is 5.10 Å². The third-order valence-corrected chi connectivity index (χ3v) is 6.72. The Kier molecular flexibility index (Phi) is 7.28. The molecule has 0 aromatic carbocycles. The number of aliphatic carboxylic acids is 1. The minimum atomic E-state index is -0.776. The predicted octanol–water partition coefficient (Wildman–Crippen LogP) is 2.97. The number of hydrogen-bond donors (Lipinski definition) is 1. The predicted molar refractivity (Wildman–Crippen MR) is 121 cm³/mol. The van der Waals surface area contributed by atoms with Crippen molar-refractivity contribution in [2.45, 2.75) is 64.6 Å². The van der Waals surface area contributed by atoms with Crippen molar-refractivity contribution in [1.82, 2.24) is 29.9 Å². The van der Waals surface area contributed by atoms with Gasteiger partial charge in [0.15, 0.2) is 0 Å². The fraction of sp³-hybridized carbons (Fsp3) is 0.652. The van der Waals surface area contributed by atoms with Gasteiger partial charge in [0.25, 0.3) is 0 Å². The number of carbonyl (C=O) groups excluding carboxylic acids is 1. The largest absolute Gasteiger partial charge is 0.481 e. The molecule has 2 aliphatic carbocycles. The zero-order valence-electron chi connectivity index (χ0n) is 19.9. The second-order valence-electron chi connectivity index (χ2n) is 9.40. The van der Waals surface area contributed by atoms with Crippen LogP contribution >= 0.6 is 0 Å². The minimum absolute atomic E-state index is 0.0265. The van der Waals surface area contributed by atoms with Crippen LogP contribution in [0.3, 0.4) is 0 Å². The Morgan fingerprint density at radius 1 is 1.24 bits per heavy atom. The van der Waals surface area contributed by atoms with Gasteiger partial charge in [-0.1, -0.05) is 11.6 Å². The van der Waals surface area contributed by atoms with Crippen LogP contribution in [0.5, 0.6) is 5.88 Å². The summed E-state index contributed by atoms with van der Waals surface area (Å²) in [6.07, 6.45) is 7.19. The van der Waals surface area contributed by atoms with E-state index < -0.39 is 5.97 Å². The molecule has 11 heteroatoms. The topological polar surface area (TPSA) is 133 Å². The third-order valence-electron chi connectivity index (χ3n) is 6.72. The number of hydrogen-bond acceptors (Lipinski definition) is 8. The molecular weight excluding hydrogens is 440 g/mol. The van der Waals surface area contributed by atoms with Crippen molar-refractivity contribution in [1.29, 1.82) is 0 Å². The van der Waals surface area contributed by atoms with E-state index in [1.807, 2.05) is 0 Å². The van der Waals surface area contributed by atoms with Gasteiger partial charge in [-0.2, -0.15) is 0 Å². The van der Waals surface area contributed by atoms with Crippen LogP contribution in [0.4, 0.5) is 4.79 Å². The van der Waals surface area contributed by atoms with Crippen molar-refractivity contribution >= 4 is 12.1 Å². The van der Waals surface area contributed by atoms with Crippen molar-refractivity contribution < 1.29 is 24.2 Å². The van der Waals surface area contributed by atoms with E-state index in [1.54, 1.807) is 36.8 Å². The van der Waals surface area contributed by atoms with E-state index in [1.165, 1.54) is 6.42 Å². The Hall–Kier alpha value is -3.24. The fourth-order valence-electron chi connectivity index (χ4n) is 4.54. The number of aromatic nitrogens is 5. The van der Waals surface area contributed by atoms with E-state index in [0.717, 1.165) is 25.7 Å². The molecule has 1 amide bonds. The van der Waals surface area contributed by atoms with Gasteiger partial charge in [-0.05, 0) is 50.9 Å². The van der Waals surface area contributed by atoms with Crippen molar-refractivity contribution in [3.63, 3.8) is 0 Å². The fourth-order valence-corrected chi connectivity index (χ4v) is 4.54. The molecule has 2 aromatic heterocycles. The highest BCUT2D eigenvalue weighted by Gasteiger charge is 2.29. The summed E-state index contributed by atoms with van der Waals surface area (Å²) in [5.41, 5.74) is 2.25. The molecule has 2 saturated carbocycles. The summed E-state index contributed by atoms with van der Waals surface area (Å²) < 4.78 is 13.1. The molecule has 0 radical (unpaired) electrons. The van der Waals surface area contributed by atoms with Gasteiger partial charge in [0.1, 0.15) is 35.5 Å². The lowest BCUT2D eigenvalue weighted by Crippen LogP contribution is -2.34. The SMILES string of the molecule is Cc1nc(-c2nnn(C)c2COC(=O)N(C)CC2CCC2)cnc1O[C@H]1CC[C@H](CC(=O)O)C1. The van der Waals surface area contributed by atoms with Crippen LogP contribution in [0.15, 0.2) is 6.20 Å². The Bertz CT molecular complexity index is 1040. The molecule has 4 rings (SSSR count). The molecule has 2 fully saturated rings. The lowest BCUT2D eigenvalue weighted by atomic mass is 9.85. The van der Waals surface area contributed by atoms with Crippen molar-refractivity contribution in [2.75, 3.05) is 13.6 Å². The summed E-state index contributed by atoms with van der Waals surface area (Å²) in [5, 5.41) is 17.3. The van der Waals surface area contributed by atoms with Crippen LogP contribution in [0.1, 0.15) is 56.3 Å². The molecule has 1 N–H and O–H groups in total. The maximum Gasteiger partial charge on any atom is 0.409 e. The number of carboxylic acid groups (broad SMARTS) is 1. The van der Waals surface area contributed by atoms with Crippen LogP contribution in [0.2, 0.25) is 0 Å². The molecule has 34 heavy (non-hydrogen) atoms. The number of aryl methyl sites for hydroxylation is 2. The Morgan fingerprint density at radius 2 is 2.03 bits per heavy atom. The van der Waals surface area contributed by atoms with Crippen LogP contribution in [0.25, 0.3) is 11.4 Å². The molecule has 2 atom stereocenters. The number of amides is 1. The van der Waals surface area contributed by atoms with E-state index in [2.05, 4.69) is 20.3 Å². The molecule has 11 nitrogen and oxygen atoms in total. The molecule has 2 aromatic rings. The average Bonchev–Trinajstić information content (AvgIpc) is 3.35. The number of nitrogens with zero attached hydrogens (tertiary/aromatic N) is 6. The summed E-state index contributed by atoms with van der Waals surface area (Å²) in [5.74, 6) is 0.353. The van der Waals surface area contributed by atoms with Crippen LogP contribution in [-0.2, 0) is 23.2 Å². The normalized spacial score (nSPS) is 20.1. The van der Waals surface area contributed by atoms with E-state index >= 15 is 0 Å². The molecule has 184 valence electrons. The maximum atomic E-state index is 12.4. The summed E-state index contributed by atoms with van der Waals surface area (Å²) in [7, 11) is 3.49. The number of ether oxygens (including phenoxy) is 2. The van der Waals surface area contributed by atoms with Gasteiger partial charge in [0, 0.05) is 27.1 Å². The molecule has 0 unspecified atom stereocenters. The highest BCUT2D eigenvalue weighted by atomic mass is 16.6. The van der Waals surface area contributed by atoms with Gasteiger partial charge in [-0.3, -0.25) is 4.79 Å². The van der Waals surface area contributed by atoms with Crippen LogP contribution in [0, 0.1) is 18.8 Å². The molecule has 0 saturated heterocycles. The van der Waals surface area contributed by atoms with Gasteiger partial charge in [0.05, 0.1) is 6.20 Å². The second-order valence-corrected chi connectivity index (χ2v) is 9.40.